The number of ether oxygens (including phenoxy) is 3. The fraction of sp³-hybridized carbons (Fsp3) is 0.263. The van der Waals surface area contributed by atoms with E-state index < -0.39 is 6.04 Å². The first-order valence-corrected chi connectivity index (χ1v) is 9.55. The van der Waals surface area contributed by atoms with Gasteiger partial charge in [0, 0.05) is 11.4 Å². The summed E-state index contributed by atoms with van der Waals surface area (Å²) in [6.07, 6.45) is 0. The van der Waals surface area contributed by atoms with Crippen molar-refractivity contribution in [3.63, 3.8) is 0 Å². The molecule has 1 atom stereocenters. The Morgan fingerprint density at radius 1 is 1.19 bits per heavy atom. The van der Waals surface area contributed by atoms with E-state index in [2.05, 4.69) is 5.32 Å². The molecule has 1 fully saturated rings. The molecule has 0 aliphatic carbocycles. The highest BCUT2D eigenvalue weighted by molar-refractivity contribution is 7.99. The summed E-state index contributed by atoms with van der Waals surface area (Å²) in [5.41, 5.74) is 1.07. The van der Waals surface area contributed by atoms with E-state index in [1.807, 2.05) is 0 Å². The fourth-order valence-electron chi connectivity index (χ4n) is 3.01. The molecule has 2 aliphatic rings. The number of methoxy groups -OCH3 is 1. The lowest BCUT2D eigenvalue weighted by atomic mass is 10.1. The molecule has 140 valence electrons. The van der Waals surface area contributed by atoms with Crippen LogP contribution >= 0.6 is 11.8 Å². The number of carbonyl (C=O) groups is 2. The molecule has 0 spiro atoms. The van der Waals surface area contributed by atoms with E-state index >= 15 is 0 Å². The van der Waals surface area contributed by atoms with Crippen molar-refractivity contribution in [3.05, 3.63) is 48.0 Å². The third-order valence-corrected chi connectivity index (χ3v) is 5.44. The summed E-state index contributed by atoms with van der Waals surface area (Å²) in [7, 11) is 1.59. The first-order valence-electron chi connectivity index (χ1n) is 8.39. The minimum absolute atomic E-state index is 0.0930. The van der Waals surface area contributed by atoms with Crippen LogP contribution in [0.15, 0.2) is 42.5 Å². The Labute approximate surface area is 160 Å². The second kappa shape index (κ2) is 7.40. The Balaban J connectivity index is 1.50. The van der Waals surface area contributed by atoms with Crippen LogP contribution in [-0.2, 0) is 4.79 Å². The standard InChI is InChI=1S/C19H18N2O5S/c1-24-13-7-5-12(6-8-13)20-18(22)15-9-27-10-21(15)19(23)14-3-2-4-16-17(14)26-11-25-16/h2-8,15H,9-11H2,1H3,(H,20,22)/t15-/m1/s1. The maximum Gasteiger partial charge on any atom is 0.259 e. The molecule has 2 heterocycles. The number of carbonyl (C=O) groups excluding carboxylic acids is 2. The van der Waals surface area contributed by atoms with Crippen molar-refractivity contribution in [3.8, 4) is 17.2 Å². The molecule has 0 bridgehead atoms. The number of nitrogens with zero attached hydrogens (tertiary/aromatic N) is 1. The molecular weight excluding hydrogens is 368 g/mol. The van der Waals surface area contributed by atoms with Crippen LogP contribution in [0.25, 0.3) is 0 Å². The second-order valence-electron chi connectivity index (χ2n) is 6.05. The zero-order chi connectivity index (χ0) is 18.8. The lowest BCUT2D eigenvalue weighted by molar-refractivity contribution is -0.119. The SMILES string of the molecule is COc1ccc(NC(=O)[C@H]2CSCN2C(=O)c2cccc3c2OCO3)cc1. The number of rotatable bonds is 4. The highest BCUT2D eigenvalue weighted by Crippen LogP contribution is 2.37. The predicted octanol–water partition coefficient (Wildman–Crippen LogP) is 2.58. The van der Waals surface area contributed by atoms with E-state index in [9.17, 15) is 9.59 Å². The van der Waals surface area contributed by atoms with E-state index in [1.54, 1.807) is 66.2 Å². The van der Waals surface area contributed by atoms with E-state index in [0.29, 0.717) is 40.1 Å². The number of benzene rings is 2. The third kappa shape index (κ3) is 3.40. The zero-order valence-electron chi connectivity index (χ0n) is 14.6. The maximum atomic E-state index is 13.0. The topological polar surface area (TPSA) is 77.1 Å². The summed E-state index contributed by atoms with van der Waals surface area (Å²) in [5.74, 6) is 2.23. The van der Waals surface area contributed by atoms with Gasteiger partial charge in [0.2, 0.25) is 12.7 Å². The fourth-order valence-corrected chi connectivity index (χ4v) is 4.17. The summed E-state index contributed by atoms with van der Waals surface area (Å²) in [5, 5.41) is 2.87. The zero-order valence-corrected chi connectivity index (χ0v) is 15.5. The van der Waals surface area contributed by atoms with Crippen LogP contribution in [0.3, 0.4) is 0 Å². The monoisotopic (exact) mass is 386 g/mol. The van der Waals surface area contributed by atoms with Gasteiger partial charge in [0.05, 0.1) is 18.6 Å². The normalized spacial score (nSPS) is 17.7. The summed E-state index contributed by atoms with van der Waals surface area (Å²) >= 11 is 1.54. The van der Waals surface area contributed by atoms with Gasteiger partial charge in [-0.3, -0.25) is 9.59 Å². The molecular formula is C19H18N2O5S. The minimum atomic E-state index is -0.553. The van der Waals surface area contributed by atoms with Gasteiger partial charge in [-0.05, 0) is 36.4 Å². The summed E-state index contributed by atoms with van der Waals surface area (Å²) < 4.78 is 15.9. The van der Waals surface area contributed by atoms with E-state index in [1.165, 1.54) is 0 Å². The van der Waals surface area contributed by atoms with Crippen LogP contribution < -0.4 is 19.5 Å². The van der Waals surface area contributed by atoms with Gasteiger partial charge in [0.15, 0.2) is 11.5 Å². The Bertz CT molecular complexity index is 871. The average molecular weight is 386 g/mol. The Morgan fingerprint density at radius 2 is 2.00 bits per heavy atom. The summed E-state index contributed by atoms with van der Waals surface area (Å²) in [6, 6.07) is 11.7. The average Bonchev–Trinajstić information content (AvgIpc) is 3.37. The number of amides is 2. The van der Waals surface area contributed by atoms with Crippen LogP contribution in [0.5, 0.6) is 17.2 Å². The van der Waals surface area contributed by atoms with Crippen molar-refractivity contribution in [2.24, 2.45) is 0 Å². The molecule has 0 unspecified atom stereocenters. The number of nitrogens with one attached hydrogen (secondary N) is 1. The molecule has 4 rings (SSSR count). The molecule has 0 radical (unpaired) electrons. The Hall–Kier alpha value is -2.87. The molecule has 7 nitrogen and oxygen atoms in total. The minimum Gasteiger partial charge on any atom is -0.497 e. The van der Waals surface area contributed by atoms with Crippen molar-refractivity contribution in [2.75, 3.05) is 30.8 Å². The molecule has 2 amide bonds. The molecule has 8 heteroatoms. The lowest BCUT2D eigenvalue weighted by Gasteiger charge is -2.23. The first-order chi connectivity index (χ1) is 13.2. The predicted molar refractivity (Wildman–Crippen MR) is 101 cm³/mol. The number of para-hydroxylation sites is 1. The largest absolute Gasteiger partial charge is 0.497 e. The first kappa shape index (κ1) is 17.5. The van der Waals surface area contributed by atoms with Gasteiger partial charge in [-0.25, -0.2) is 0 Å². The highest BCUT2D eigenvalue weighted by Gasteiger charge is 2.37. The van der Waals surface area contributed by atoms with Crippen LogP contribution in [0.4, 0.5) is 5.69 Å². The van der Waals surface area contributed by atoms with Crippen molar-refractivity contribution in [1.29, 1.82) is 0 Å². The van der Waals surface area contributed by atoms with Gasteiger partial charge in [-0.2, -0.15) is 0 Å². The Morgan fingerprint density at radius 3 is 2.78 bits per heavy atom. The highest BCUT2D eigenvalue weighted by atomic mass is 32.2. The van der Waals surface area contributed by atoms with Crippen molar-refractivity contribution in [2.45, 2.75) is 6.04 Å². The molecule has 2 aliphatic heterocycles. The van der Waals surface area contributed by atoms with E-state index in [4.69, 9.17) is 14.2 Å². The number of hydrogen-bond acceptors (Lipinski definition) is 6. The van der Waals surface area contributed by atoms with Crippen LogP contribution in [0.2, 0.25) is 0 Å². The van der Waals surface area contributed by atoms with Crippen LogP contribution in [-0.4, -0.2) is 48.3 Å². The number of fused-ring (bicyclic) bond motifs is 1. The van der Waals surface area contributed by atoms with Gasteiger partial charge in [-0.1, -0.05) is 6.07 Å². The smallest absolute Gasteiger partial charge is 0.259 e. The molecule has 1 saturated heterocycles. The van der Waals surface area contributed by atoms with Crippen molar-refractivity contribution < 1.29 is 23.8 Å². The van der Waals surface area contributed by atoms with Gasteiger partial charge in [-0.15, -0.1) is 11.8 Å². The van der Waals surface area contributed by atoms with Crippen LogP contribution in [0.1, 0.15) is 10.4 Å². The Kier molecular flexibility index (Phi) is 4.81. The number of anilines is 1. The van der Waals surface area contributed by atoms with Crippen molar-refractivity contribution in [1.82, 2.24) is 4.90 Å². The number of hydrogen-bond donors (Lipinski definition) is 1. The van der Waals surface area contributed by atoms with E-state index in [-0.39, 0.29) is 18.6 Å². The third-order valence-electron chi connectivity index (χ3n) is 4.43. The summed E-state index contributed by atoms with van der Waals surface area (Å²) in [6.45, 7) is 0.0930. The molecule has 0 aromatic heterocycles. The van der Waals surface area contributed by atoms with Gasteiger partial charge in [0.1, 0.15) is 11.8 Å². The molecule has 1 N–H and O–H groups in total. The molecule has 27 heavy (non-hydrogen) atoms. The number of thioether (sulfide) groups is 1. The van der Waals surface area contributed by atoms with Crippen molar-refractivity contribution >= 4 is 29.3 Å². The van der Waals surface area contributed by atoms with Gasteiger partial charge >= 0.3 is 0 Å². The van der Waals surface area contributed by atoms with Gasteiger partial charge < -0.3 is 24.4 Å². The molecule has 0 saturated carbocycles. The van der Waals surface area contributed by atoms with Crippen LogP contribution in [0, 0.1) is 0 Å². The molecule has 2 aromatic rings. The second-order valence-corrected chi connectivity index (χ2v) is 7.05. The maximum absolute atomic E-state index is 13.0. The lowest BCUT2D eigenvalue weighted by Crippen LogP contribution is -2.44. The van der Waals surface area contributed by atoms with E-state index in [0.717, 1.165) is 0 Å². The molecule has 2 aromatic carbocycles. The van der Waals surface area contributed by atoms with Gasteiger partial charge in [0.25, 0.3) is 5.91 Å². The quantitative estimate of drug-likeness (QED) is 0.870. The summed E-state index contributed by atoms with van der Waals surface area (Å²) in [4.78, 5) is 27.4.